The number of nitrogens with one attached hydrogen (secondary N) is 1. The van der Waals surface area contributed by atoms with E-state index in [0.717, 1.165) is 37.3 Å². The lowest BCUT2D eigenvalue weighted by molar-refractivity contribution is 0.0945. The van der Waals surface area contributed by atoms with Crippen molar-refractivity contribution < 1.29 is 4.79 Å². The van der Waals surface area contributed by atoms with Gasteiger partial charge in [-0.15, -0.1) is 10.2 Å². The van der Waals surface area contributed by atoms with Gasteiger partial charge in [0.25, 0.3) is 5.91 Å². The molecule has 2 aromatic rings. The molecule has 0 saturated carbocycles. The minimum absolute atomic E-state index is 0.258. The molecule has 1 aromatic heterocycles. The molecule has 1 amide bonds. The standard InChI is InChI=1S/C18H23ClN4O/c1-3-11-23(12-4-2)17-10-9-16(21-22-17)18(24)20-13-14-7-5-6-8-15(14)19/h5-10H,3-4,11-13H2,1-2H3,(H,20,24). The predicted octanol–water partition coefficient (Wildman–Crippen LogP) is 3.69. The summed E-state index contributed by atoms with van der Waals surface area (Å²) < 4.78 is 0. The van der Waals surface area contributed by atoms with E-state index in [-0.39, 0.29) is 5.91 Å². The van der Waals surface area contributed by atoms with Crippen LogP contribution in [0.15, 0.2) is 36.4 Å². The second-order valence-corrected chi connectivity index (χ2v) is 5.95. The lowest BCUT2D eigenvalue weighted by Crippen LogP contribution is -2.27. The summed E-state index contributed by atoms with van der Waals surface area (Å²) >= 11 is 6.08. The highest BCUT2D eigenvalue weighted by molar-refractivity contribution is 6.31. The molecule has 0 aliphatic rings. The molecule has 5 nitrogen and oxygen atoms in total. The highest BCUT2D eigenvalue weighted by Gasteiger charge is 2.11. The Hall–Kier alpha value is -2.14. The molecule has 6 heteroatoms. The number of rotatable bonds is 8. The first-order valence-corrected chi connectivity index (χ1v) is 8.63. The lowest BCUT2D eigenvalue weighted by atomic mass is 10.2. The topological polar surface area (TPSA) is 58.1 Å². The Labute approximate surface area is 148 Å². The quantitative estimate of drug-likeness (QED) is 0.792. The zero-order chi connectivity index (χ0) is 17.4. The molecule has 2 rings (SSSR count). The largest absolute Gasteiger partial charge is 0.355 e. The van der Waals surface area contributed by atoms with Gasteiger partial charge in [0.1, 0.15) is 0 Å². The maximum atomic E-state index is 12.2. The first-order chi connectivity index (χ1) is 11.7. The van der Waals surface area contributed by atoms with Gasteiger partial charge in [-0.3, -0.25) is 4.79 Å². The molecule has 0 fully saturated rings. The molecular formula is C18H23ClN4O. The number of amides is 1. The average Bonchev–Trinajstić information content (AvgIpc) is 2.61. The minimum Gasteiger partial charge on any atom is -0.355 e. The van der Waals surface area contributed by atoms with Crippen LogP contribution in [0.4, 0.5) is 5.82 Å². The van der Waals surface area contributed by atoms with Gasteiger partial charge in [0, 0.05) is 24.7 Å². The van der Waals surface area contributed by atoms with Crippen molar-refractivity contribution >= 4 is 23.3 Å². The Morgan fingerprint density at radius 3 is 2.38 bits per heavy atom. The summed E-state index contributed by atoms with van der Waals surface area (Å²) in [4.78, 5) is 14.4. The van der Waals surface area contributed by atoms with Crippen LogP contribution in [0.2, 0.25) is 5.02 Å². The molecule has 0 unspecified atom stereocenters. The molecule has 1 heterocycles. The third kappa shape index (κ3) is 4.93. The Balaban J connectivity index is 1.99. The van der Waals surface area contributed by atoms with Gasteiger partial charge < -0.3 is 10.2 Å². The summed E-state index contributed by atoms with van der Waals surface area (Å²) in [6, 6.07) is 11.0. The van der Waals surface area contributed by atoms with Crippen molar-refractivity contribution in [3.8, 4) is 0 Å². The molecule has 0 saturated heterocycles. The lowest BCUT2D eigenvalue weighted by Gasteiger charge is -2.21. The Bertz CT molecular complexity index is 654. The zero-order valence-electron chi connectivity index (χ0n) is 14.1. The van der Waals surface area contributed by atoms with Gasteiger partial charge in [-0.2, -0.15) is 0 Å². The number of anilines is 1. The van der Waals surface area contributed by atoms with Crippen molar-refractivity contribution in [2.45, 2.75) is 33.2 Å². The van der Waals surface area contributed by atoms with Crippen molar-refractivity contribution in [2.75, 3.05) is 18.0 Å². The van der Waals surface area contributed by atoms with Crippen LogP contribution in [0.5, 0.6) is 0 Å². The van der Waals surface area contributed by atoms with Crippen molar-refractivity contribution in [1.82, 2.24) is 15.5 Å². The maximum Gasteiger partial charge on any atom is 0.272 e. The first-order valence-electron chi connectivity index (χ1n) is 8.26. The summed E-state index contributed by atoms with van der Waals surface area (Å²) in [5.41, 5.74) is 1.17. The second-order valence-electron chi connectivity index (χ2n) is 5.54. The van der Waals surface area contributed by atoms with Gasteiger partial charge in [0.05, 0.1) is 0 Å². The number of carbonyl (C=O) groups excluding carboxylic acids is 1. The molecule has 0 radical (unpaired) electrons. The van der Waals surface area contributed by atoms with E-state index in [0.29, 0.717) is 17.3 Å². The molecule has 0 aliphatic heterocycles. The number of carbonyl (C=O) groups is 1. The fraction of sp³-hybridized carbons (Fsp3) is 0.389. The molecule has 0 spiro atoms. The fourth-order valence-electron chi connectivity index (χ4n) is 2.40. The van der Waals surface area contributed by atoms with Gasteiger partial charge in [-0.25, -0.2) is 0 Å². The SMILES string of the molecule is CCCN(CCC)c1ccc(C(=O)NCc2ccccc2Cl)nn1. The third-order valence-electron chi connectivity index (χ3n) is 3.59. The Morgan fingerprint density at radius 2 is 1.79 bits per heavy atom. The van der Waals surface area contributed by atoms with E-state index in [4.69, 9.17) is 11.6 Å². The van der Waals surface area contributed by atoms with Crippen LogP contribution < -0.4 is 10.2 Å². The molecule has 128 valence electrons. The van der Waals surface area contributed by atoms with Crippen LogP contribution in [0.25, 0.3) is 0 Å². The van der Waals surface area contributed by atoms with E-state index in [1.807, 2.05) is 24.3 Å². The molecule has 0 atom stereocenters. The van der Waals surface area contributed by atoms with Crippen LogP contribution in [0.1, 0.15) is 42.7 Å². The van der Waals surface area contributed by atoms with E-state index in [2.05, 4.69) is 34.3 Å². The molecular weight excluding hydrogens is 324 g/mol. The number of nitrogens with zero attached hydrogens (tertiary/aromatic N) is 3. The molecule has 1 N–H and O–H groups in total. The summed E-state index contributed by atoms with van der Waals surface area (Å²) in [5.74, 6) is 0.549. The Morgan fingerprint density at radius 1 is 1.08 bits per heavy atom. The van der Waals surface area contributed by atoms with Crippen molar-refractivity contribution in [2.24, 2.45) is 0 Å². The van der Waals surface area contributed by atoms with E-state index in [9.17, 15) is 4.79 Å². The van der Waals surface area contributed by atoms with Gasteiger partial charge >= 0.3 is 0 Å². The molecule has 0 aliphatic carbocycles. The monoisotopic (exact) mass is 346 g/mol. The van der Waals surface area contributed by atoms with Gasteiger partial charge in [-0.05, 0) is 36.6 Å². The van der Waals surface area contributed by atoms with E-state index in [1.54, 1.807) is 12.1 Å². The highest BCUT2D eigenvalue weighted by atomic mass is 35.5. The smallest absolute Gasteiger partial charge is 0.272 e. The zero-order valence-corrected chi connectivity index (χ0v) is 14.9. The van der Waals surface area contributed by atoms with Crippen LogP contribution >= 0.6 is 11.6 Å². The Kier molecular flexibility index (Phi) is 7.00. The maximum absolute atomic E-state index is 12.2. The molecule has 24 heavy (non-hydrogen) atoms. The third-order valence-corrected chi connectivity index (χ3v) is 3.96. The fourth-order valence-corrected chi connectivity index (χ4v) is 2.61. The number of hydrogen-bond acceptors (Lipinski definition) is 4. The number of aromatic nitrogens is 2. The van der Waals surface area contributed by atoms with E-state index < -0.39 is 0 Å². The summed E-state index contributed by atoms with van der Waals surface area (Å²) in [6.07, 6.45) is 2.09. The van der Waals surface area contributed by atoms with E-state index >= 15 is 0 Å². The summed E-state index contributed by atoms with van der Waals surface area (Å²) in [6.45, 7) is 6.49. The van der Waals surface area contributed by atoms with Crippen LogP contribution in [0.3, 0.4) is 0 Å². The first kappa shape index (κ1) is 18.2. The normalized spacial score (nSPS) is 10.5. The van der Waals surface area contributed by atoms with Crippen LogP contribution in [-0.4, -0.2) is 29.2 Å². The van der Waals surface area contributed by atoms with Gasteiger partial charge in [-0.1, -0.05) is 43.6 Å². The molecule has 1 aromatic carbocycles. The van der Waals surface area contributed by atoms with Gasteiger partial charge in [0.2, 0.25) is 0 Å². The average molecular weight is 347 g/mol. The van der Waals surface area contributed by atoms with Gasteiger partial charge in [0.15, 0.2) is 11.5 Å². The van der Waals surface area contributed by atoms with Crippen molar-refractivity contribution in [1.29, 1.82) is 0 Å². The van der Waals surface area contributed by atoms with Crippen molar-refractivity contribution in [3.63, 3.8) is 0 Å². The van der Waals surface area contributed by atoms with E-state index in [1.165, 1.54) is 0 Å². The van der Waals surface area contributed by atoms with Crippen LogP contribution in [0, 0.1) is 0 Å². The summed E-state index contributed by atoms with van der Waals surface area (Å²) in [5, 5.41) is 11.7. The minimum atomic E-state index is -0.258. The summed E-state index contributed by atoms with van der Waals surface area (Å²) in [7, 11) is 0. The molecule has 0 bridgehead atoms. The highest BCUT2D eigenvalue weighted by Crippen LogP contribution is 2.15. The van der Waals surface area contributed by atoms with Crippen LogP contribution in [-0.2, 0) is 6.54 Å². The predicted molar refractivity (Wildman–Crippen MR) is 97.4 cm³/mol. The number of halogens is 1. The number of hydrogen-bond donors (Lipinski definition) is 1. The van der Waals surface area contributed by atoms with Crippen molar-refractivity contribution in [3.05, 3.63) is 52.7 Å². The number of benzene rings is 1. The second kappa shape index (κ2) is 9.23.